The number of nitrogens with zero attached hydrogens (tertiary/aromatic N) is 1. The molecule has 1 fully saturated rings. The molecule has 2 rings (SSSR count). The lowest BCUT2D eigenvalue weighted by atomic mass is 10.1. The Hall–Kier alpha value is -1.03. The smallest absolute Gasteiger partial charge is 0.240 e. The third-order valence-electron chi connectivity index (χ3n) is 2.74. The van der Waals surface area contributed by atoms with E-state index in [1.54, 1.807) is 7.11 Å². The Morgan fingerprint density at radius 2 is 2.31 bits per heavy atom. The average molecular weight is 284 g/mol. The number of carbonyl (C=O) groups excluding carboxylic acids is 1. The molecular formula is C12H14BrNO2. The Morgan fingerprint density at radius 3 is 3.06 bits per heavy atom. The third-order valence-corrected chi connectivity index (χ3v) is 3.59. The molecule has 1 unspecified atom stereocenters. The van der Waals surface area contributed by atoms with Crippen molar-refractivity contribution in [1.29, 1.82) is 0 Å². The summed E-state index contributed by atoms with van der Waals surface area (Å²) < 4.78 is 5.16. The van der Waals surface area contributed by atoms with Crippen LogP contribution < -0.4 is 9.64 Å². The molecule has 0 bridgehead atoms. The summed E-state index contributed by atoms with van der Waals surface area (Å²) in [6.07, 6.45) is 1.94. The topological polar surface area (TPSA) is 29.5 Å². The quantitative estimate of drug-likeness (QED) is 0.781. The minimum Gasteiger partial charge on any atom is -0.497 e. The van der Waals surface area contributed by atoms with Crippen molar-refractivity contribution in [3.8, 4) is 5.75 Å². The molecular weight excluding hydrogens is 270 g/mol. The van der Waals surface area contributed by atoms with Crippen molar-refractivity contribution in [3.63, 3.8) is 0 Å². The summed E-state index contributed by atoms with van der Waals surface area (Å²) in [6.45, 7) is 0.786. The molecule has 1 aromatic carbocycles. The van der Waals surface area contributed by atoms with E-state index in [0.29, 0.717) is 0 Å². The number of methoxy groups -OCH3 is 1. The highest BCUT2D eigenvalue weighted by Gasteiger charge is 2.27. The lowest BCUT2D eigenvalue weighted by Crippen LogP contribution is -2.41. The summed E-state index contributed by atoms with van der Waals surface area (Å²) in [7, 11) is 1.63. The summed E-state index contributed by atoms with van der Waals surface area (Å²) >= 11 is 3.40. The van der Waals surface area contributed by atoms with Crippen molar-refractivity contribution < 1.29 is 9.53 Å². The van der Waals surface area contributed by atoms with Crippen molar-refractivity contribution in [2.75, 3.05) is 18.6 Å². The van der Waals surface area contributed by atoms with Gasteiger partial charge < -0.3 is 9.64 Å². The monoisotopic (exact) mass is 283 g/mol. The van der Waals surface area contributed by atoms with Crippen LogP contribution >= 0.6 is 15.9 Å². The maximum Gasteiger partial charge on any atom is 0.240 e. The van der Waals surface area contributed by atoms with Gasteiger partial charge in [0.1, 0.15) is 5.75 Å². The van der Waals surface area contributed by atoms with E-state index in [9.17, 15) is 4.79 Å². The standard InChI is InChI=1S/C12H14BrNO2/c1-16-10-5-2-4-9(8-10)14-7-3-6-11(13)12(14)15/h2,4-5,8,11H,3,6-7H2,1H3. The molecule has 1 aliphatic rings. The van der Waals surface area contributed by atoms with Crippen LogP contribution in [0.3, 0.4) is 0 Å². The molecule has 1 amide bonds. The number of benzene rings is 1. The highest BCUT2D eigenvalue weighted by atomic mass is 79.9. The van der Waals surface area contributed by atoms with Crippen molar-refractivity contribution in [1.82, 2.24) is 0 Å². The maximum atomic E-state index is 12.0. The zero-order valence-electron chi connectivity index (χ0n) is 9.15. The Bertz CT molecular complexity index is 394. The molecule has 86 valence electrons. The first kappa shape index (κ1) is 11.5. The van der Waals surface area contributed by atoms with E-state index in [-0.39, 0.29) is 10.7 Å². The molecule has 1 aliphatic heterocycles. The number of carbonyl (C=O) groups is 1. The van der Waals surface area contributed by atoms with E-state index in [0.717, 1.165) is 30.8 Å². The SMILES string of the molecule is COc1cccc(N2CCCC(Br)C2=O)c1. The van der Waals surface area contributed by atoms with Gasteiger partial charge in [-0.05, 0) is 25.0 Å². The minimum absolute atomic E-state index is 0.0487. The zero-order valence-corrected chi connectivity index (χ0v) is 10.7. The third kappa shape index (κ3) is 2.21. The second-order valence-electron chi connectivity index (χ2n) is 3.80. The number of halogens is 1. The van der Waals surface area contributed by atoms with Crippen LogP contribution in [0, 0.1) is 0 Å². The van der Waals surface area contributed by atoms with Gasteiger partial charge in [0.25, 0.3) is 0 Å². The number of alkyl halides is 1. The Kier molecular flexibility index (Phi) is 3.49. The molecule has 0 radical (unpaired) electrons. The predicted octanol–water partition coefficient (Wildman–Crippen LogP) is 2.59. The maximum absolute atomic E-state index is 12.0. The number of hydrogen-bond acceptors (Lipinski definition) is 2. The number of rotatable bonds is 2. The van der Waals surface area contributed by atoms with Crippen LogP contribution in [0.25, 0.3) is 0 Å². The summed E-state index contributed by atoms with van der Waals surface area (Å²) in [5, 5.41) is 0. The fourth-order valence-electron chi connectivity index (χ4n) is 1.87. The molecule has 0 saturated carbocycles. The van der Waals surface area contributed by atoms with Gasteiger partial charge >= 0.3 is 0 Å². The molecule has 1 atom stereocenters. The molecule has 0 aliphatic carbocycles. The van der Waals surface area contributed by atoms with Gasteiger partial charge in [-0.1, -0.05) is 22.0 Å². The van der Waals surface area contributed by atoms with Gasteiger partial charge in [0, 0.05) is 18.3 Å². The lowest BCUT2D eigenvalue weighted by molar-refractivity contribution is -0.118. The normalized spacial score (nSPS) is 21.0. The minimum atomic E-state index is -0.0487. The molecule has 16 heavy (non-hydrogen) atoms. The zero-order chi connectivity index (χ0) is 11.5. The highest BCUT2D eigenvalue weighted by molar-refractivity contribution is 9.10. The largest absolute Gasteiger partial charge is 0.497 e. The second kappa shape index (κ2) is 4.87. The first-order valence-corrected chi connectivity index (χ1v) is 6.23. The van der Waals surface area contributed by atoms with Gasteiger partial charge in [0.05, 0.1) is 11.9 Å². The van der Waals surface area contributed by atoms with Gasteiger partial charge in [-0.3, -0.25) is 4.79 Å². The Labute approximate surface area is 104 Å². The van der Waals surface area contributed by atoms with Crippen LogP contribution in [0.5, 0.6) is 5.75 Å². The average Bonchev–Trinajstić information content (AvgIpc) is 2.33. The molecule has 3 nitrogen and oxygen atoms in total. The molecule has 0 spiro atoms. The number of piperidine rings is 1. The fourth-order valence-corrected chi connectivity index (χ4v) is 2.44. The highest BCUT2D eigenvalue weighted by Crippen LogP contribution is 2.27. The predicted molar refractivity (Wildman–Crippen MR) is 67.3 cm³/mol. The van der Waals surface area contributed by atoms with Crippen molar-refractivity contribution in [2.45, 2.75) is 17.7 Å². The number of ether oxygens (including phenoxy) is 1. The molecule has 1 saturated heterocycles. The summed E-state index contributed by atoms with van der Waals surface area (Å²) in [4.78, 5) is 13.7. The van der Waals surface area contributed by atoms with Gasteiger partial charge in [0.15, 0.2) is 0 Å². The summed E-state index contributed by atoms with van der Waals surface area (Å²) in [5.74, 6) is 0.918. The molecule has 0 N–H and O–H groups in total. The van der Waals surface area contributed by atoms with Crippen LogP contribution in [0.15, 0.2) is 24.3 Å². The van der Waals surface area contributed by atoms with Crippen molar-refractivity contribution in [2.24, 2.45) is 0 Å². The molecule has 0 aromatic heterocycles. The van der Waals surface area contributed by atoms with E-state index in [4.69, 9.17) is 4.74 Å². The summed E-state index contributed by atoms with van der Waals surface area (Å²) in [5.41, 5.74) is 0.911. The number of amides is 1. The van der Waals surface area contributed by atoms with Crippen LogP contribution in [0.2, 0.25) is 0 Å². The van der Waals surface area contributed by atoms with E-state index in [1.165, 1.54) is 0 Å². The second-order valence-corrected chi connectivity index (χ2v) is 4.91. The first-order chi connectivity index (χ1) is 7.72. The number of anilines is 1. The van der Waals surface area contributed by atoms with Gasteiger partial charge in [0.2, 0.25) is 5.91 Å². The molecule has 1 aromatic rings. The van der Waals surface area contributed by atoms with E-state index in [2.05, 4.69) is 15.9 Å². The Morgan fingerprint density at radius 1 is 1.50 bits per heavy atom. The Balaban J connectivity index is 2.25. The number of hydrogen-bond donors (Lipinski definition) is 0. The van der Waals surface area contributed by atoms with Crippen molar-refractivity contribution in [3.05, 3.63) is 24.3 Å². The van der Waals surface area contributed by atoms with Crippen LogP contribution in [0.4, 0.5) is 5.69 Å². The molecule has 1 heterocycles. The van der Waals surface area contributed by atoms with Gasteiger partial charge in [-0.25, -0.2) is 0 Å². The molecule has 4 heteroatoms. The lowest BCUT2D eigenvalue weighted by Gasteiger charge is -2.29. The van der Waals surface area contributed by atoms with Crippen LogP contribution in [-0.2, 0) is 4.79 Å². The first-order valence-electron chi connectivity index (χ1n) is 5.32. The van der Waals surface area contributed by atoms with Gasteiger partial charge in [-0.15, -0.1) is 0 Å². The van der Waals surface area contributed by atoms with E-state index < -0.39 is 0 Å². The van der Waals surface area contributed by atoms with E-state index in [1.807, 2.05) is 29.2 Å². The van der Waals surface area contributed by atoms with Crippen molar-refractivity contribution >= 4 is 27.5 Å². The van der Waals surface area contributed by atoms with Gasteiger partial charge in [-0.2, -0.15) is 0 Å². The fraction of sp³-hybridized carbons (Fsp3) is 0.417. The van der Waals surface area contributed by atoms with Crippen LogP contribution in [0.1, 0.15) is 12.8 Å². The van der Waals surface area contributed by atoms with E-state index >= 15 is 0 Å². The van der Waals surface area contributed by atoms with Crippen LogP contribution in [-0.4, -0.2) is 24.4 Å². The summed E-state index contributed by atoms with van der Waals surface area (Å²) in [6, 6.07) is 7.61.